The number of aliphatic hydroxyl groups is 1. The Kier molecular flexibility index (Phi) is 4.03. The molecule has 3 rings (SSSR count). The summed E-state index contributed by atoms with van der Waals surface area (Å²) in [5.74, 6) is 0.968. The van der Waals surface area contributed by atoms with E-state index in [1.54, 1.807) is 0 Å². The van der Waals surface area contributed by atoms with E-state index in [2.05, 4.69) is 22.3 Å². The van der Waals surface area contributed by atoms with E-state index >= 15 is 0 Å². The van der Waals surface area contributed by atoms with Gasteiger partial charge in [0.1, 0.15) is 6.10 Å². The molecule has 0 saturated heterocycles. The summed E-state index contributed by atoms with van der Waals surface area (Å²) in [6.07, 6.45) is 4.01. The van der Waals surface area contributed by atoms with Crippen molar-refractivity contribution in [3.8, 4) is 0 Å². The third-order valence-corrected chi connectivity index (χ3v) is 4.38. The average Bonchev–Trinajstić information content (AvgIpc) is 3.18. The Morgan fingerprint density at radius 2 is 1.95 bits per heavy atom. The molecule has 0 radical (unpaired) electrons. The van der Waals surface area contributed by atoms with Gasteiger partial charge in [-0.3, -0.25) is 0 Å². The molecule has 0 spiro atoms. The summed E-state index contributed by atoms with van der Waals surface area (Å²) < 4.78 is 5.27. The molecule has 21 heavy (non-hydrogen) atoms. The van der Waals surface area contributed by atoms with Crippen LogP contribution in [0, 0.1) is 0 Å². The van der Waals surface area contributed by atoms with Gasteiger partial charge in [0.05, 0.1) is 5.41 Å². The van der Waals surface area contributed by atoms with Crippen molar-refractivity contribution in [3.63, 3.8) is 0 Å². The normalized spacial score (nSPS) is 18.8. The fourth-order valence-electron chi connectivity index (χ4n) is 3.22. The van der Waals surface area contributed by atoms with Crippen LogP contribution in [0.4, 0.5) is 0 Å². The van der Waals surface area contributed by atoms with Crippen molar-refractivity contribution < 1.29 is 9.63 Å². The van der Waals surface area contributed by atoms with Crippen LogP contribution in [0.2, 0.25) is 0 Å². The minimum absolute atomic E-state index is 0.175. The fraction of sp³-hybridized carbons (Fsp3) is 0.500. The lowest BCUT2D eigenvalue weighted by atomic mass is 9.78. The molecular formula is C16H21N3O2. The third kappa shape index (κ3) is 2.59. The second-order valence-electron chi connectivity index (χ2n) is 5.70. The molecule has 0 aliphatic heterocycles. The van der Waals surface area contributed by atoms with E-state index in [-0.39, 0.29) is 11.3 Å². The highest BCUT2D eigenvalue weighted by molar-refractivity contribution is 5.33. The summed E-state index contributed by atoms with van der Waals surface area (Å²) in [4.78, 5) is 4.48. The first-order valence-corrected chi connectivity index (χ1v) is 7.54. The van der Waals surface area contributed by atoms with Crippen LogP contribution < -0.4 is 5.73 Å². The second-order valence-corrected chi connectivity index (χ2v) is 5.70. The fourth-order valence-corrected chi connectivity index (χ4v) is 3.22. The maximum Gasteiger partial charge on any atom is 0.255 e. The maximum absolute atomic E-state index is 9.95. The van der Waals surface area contributed by atoms with Crippen LogP contribution in [0.15, 0.2) is 34.9 Å². The van der Waals surface area contributed by atoms with Crippen LogP contribution in [-0.2, 0) is 5.41 Å². The van der Waals surface area contributed by atoms with Gasteiger partial charge < -0.3 is 15.4 Å². The molecule has 1 aliphatic carbocycles. The van der Waals surface area contributed by atoms with Gasteiger partial charge in [0.25, 0.3) is 5.89 Å². The number of aliphatic hydroxyl groups excluding tert-OH is 1. The van der Waals surface area contributed by atoms with Gasteiger partial charge in [-0.05, 0) is 31.4 Å². The quantitative estimate of drug-likeness (QED) is 0.881. The van der Waals surface area contributed by atoms with Gasteiger partial charge in [-0.15, -0.1) is 0 Å². The van der Waals surface area contributed by atoms with Crippen molar-refractivity contribution in [1.29, 1.82) is 0 Å². The predicted molar refractivity (Wildman–Crippen MR) is 78.6 cm³/mol. The van der Waals surface area contributed by atoms with Gasteiger partial charge in [-0.2, -0.15) is 4.98 Å². The van der Waals surface area contributed by atoms with Crippen LogP contribution in [-0.4, -0.2) is 21.8 Å². The number of hydrogen-bond acceptors (Lipinski definition) is 5. The van der Waals surface area contributed by atoms with Crippen LogP contribution in [0.3, 0.4) is 0 Å². The molecular weight excluding hydrogens is 266 g/mol. The lowest BCUT2D eigenvalue weighted by Crippen LogP contribution is -2.25. The van der Waals surface area contributed by atoms with Crippen molar-refractivity contribution in [1.82, 2.24) is 10.1 Å². The molecule has 5 nitrogen and oxygen atoms in total. The van der Waals surface area contributed by atoms with Crippen molar-refractivity contribution in [3.05, 3.63) is 47.6 Å². The monoisotopic (exact) mass is 287 g/mol. The molecule has 1 atom stereocenters. The van der Waals surface area contributed by atoms with Crippen molar-refractivity contribution in [2.24, 2.45) is 5.73 Å². The summed E-state index contributed by atoms with van der Waals surface area (Å²) in [5.41, 5.74) is 6.51. The van der Waals surface area contributed by atoms with Gasteiger partial charge in [0.15, 0.2) is 5.82 Å². The Balaban J connectivity index is 1.95. The van der Waals surface area contributed by atoms with Crippen LogP contribution in [0.25, 0.3) is 0 Å². The van der Waals surface area contributed by atoms with E-state index in [4.69, 9.17) is 10.3 Å². The lowest BCUT2D eigenvalue weighted by Gasteiger charge is -2.25. The van der Waals surface area contributed by atoms with E-state index in [9.17, 15) is 5.11 Å². The highest BCUT2D eigenvalue weighted by Gasteiger charge is 2.41. The first-order valence-electron chi connectivity index (χ1n) is 7.54. The summed E-state index contributed by atoms with van der Waals surface area (Å²) >= 11 is 0. The SMILES string of the molecule is NCCC(O)c1nc(C2(c3ccccc3)CCCC2)no1. The molecule has 1 unspecified atom stereocenters. The molecule has 0 amide bonds. The molecule has 1 fully saturated rings. The van der Waals surface area contributed by atoms with Crippen LogP contribution in [0.1, 0.15) is 55.5 Å². The zero-order chi connectivity index (χ0) is 14.7. The standard InChI is InChI=1S/C16H21N3O2/c17-11-8-13(20)14-18-15(19-21-14)16(9-4-5-10-16)12-6-2-1-3-7-12/h1-3,6-7,13,20H,4-5,8-11,17H2. The van der Waals surface area contributed by atoms with E-state index < -0.39 is 6.10 Å². The van der Waals surface area contributed by atoms with Crippen molar-refractivity contribution in [2.45, 2.75) is 43.6 Å². The van der Waals surface area contributed by atoms with Crippen LogP contribution >= 0.6 is 0 Å². The Labute approximate surface area is 124 Å². The predicted octanol–water partition coefficient (Wildman–Crippen LogP) is 2.31. The van der Waals surface area contributed by atoms with Crippen molar-refractivity contribution in [2.75, 3.05) is 6.54 Å². The van der Waals surface area contributed by atoms with Gasteiger partial charge in [-0.1, -0.05) is 48.3 Å². The molecule has 112 valence electrons. The first-order chi connectivity index (χ1) is 10.3. The van der Waals surface area contributed by atoms with E-state index in [1.807, 2.05) is 18.2 Å². The number of benzene rings is 1. The van der Waals surface area contributed by atoms with E-state index in [0.29, 0.717) is 18.8 Å². The zero-order valence-electron chi connectivity index (χ0n) is 12.0. The Morgan fingerprint density at radius 3 is 2.62 bits per heavy atom. The van der Waals surface area contributed by atoms with Gasteiger partial charge >= 0.3 is 0 Å². The molecule has 1 heterocycles. The Hall–Kier alpha value is -1.72. The second kappa shape index (κ2) is 5.95. The van der Waals surface area contributed by atoms with Gasteiger partial charge in [0, 0.05) is 0 Å². The number of hydrogen-bond donors (Lipinski definition) is 2. The molecule has 3 N–H and O–H groups in total. The molecule has 5 heteroatoms. The summed E-state index contributed by atoms with van der Waals surface area (Å²) in [7, 11) is 0. The molecule has 1 saturated carbocycles. The zero-order valence-corrected chi connectivity index (χ0v) is 12.0. The number of nitrogens with zero attached hydrogens (tertiary/aromatic N) is 2. The minimum Gasteiger partial charge on any atom is -0.383 e. The Bertz CT molecular complexity index is 576. The average molecular weight is 287 g/mol. The first kappa shape index (κ1) is 14.2. The summed E-state index contributed by atoms with van der Waals surface area (Å²) in [6, 6.07) is 10.3. The highest BCUT2D eigenvalue weighted by atomic mass is 16.5. The topological polar surface area (TPSA) is 85.2 Å². The molecule has 1 aromatic heterocycles. The summed E-state index contributed by atoms with van der Waals surface area (Å²) in [5, 5.41) is 14.1. The van der Waals surface area contributed by atoms with E-state index in [0.717, 1.165) is 25.7 Å². The van der Waals surface area contributed by atoms with Crippen molar-refractivity contribution >= 4 is 0 Å². The molecule has 1 aromatic carbocycles. The molecule has 1 aliphatic rings. The smallest absolute Gasteiger partial charge is 0.255 e. The highest BCUT2D eigenvalue weighted by Crippen LogP contribution is 2.45. The minimum atomic E-state index is -0.773. The largest absolute Gasteiger partial charge is 0.383 e. The lowest BCUT2D eigenvalue weighted by molar-refractivity contribution is 0.127. The summed E-state index contributed by atoms with van der Waals surface area (Å²) in [6.45, 7) is 0.392. The number of aromatic nitrogens is 2. The maximum atomic E-state index is 9.95. The number of rotatable bonds is 5. The van der Waals surface area contributed by atoms with Crippen LogP contribution in [0.5, 0.6) is 0 Å². The van der Waals surface area contributed by atoms with Gasteiger partial charge in [0.2, 0.25) is 0 Å². The number of nitrogens with two attached hydrogens (primary N) is 1. The van der Waals surface area contributed by atoms with E-state index in [1.165, 1.54) is 5.56 Å². The molecule has 2 aromatic rings. The molecule has 0 bridgehead atoms. The Morgan fingerprint density at radius 1 is 1.24 bits per heavy atom. The third-order valence-electron chi connectivity index (χ3n) is 4.38. The van der Waals surface area contributed by atoms with Gasteiger partial charge in [-0.25, -0.2) is 0 Å².